The van der Waals surface area contributed by atoms with Gasteiger partial charge in [-0.25, -0.2) is 4.39 Å². The van der Waals surface area contributed by atoms with Gasteiger partial charge in [0.05, 0.1) is 11.9 Å². The molecule has 0 radical (unpaired) electrons. The Morgan fingerprint density at radius 2 is 2.05 bits per heavy atom. The standard InChI is InChI=1S/C16H18ClFN2/c1-11(8-13-4-3-5-14(17)9-13)20-12(2)16-7-6-15(18)10-19-16/h3-7,9-12,20H,8H2,1-2H3. The summed E-state index contributed by atoms with van der Waals surface area (Å²) in [6.07, 6.45) is 2.13. The molecule has 1 aromatic carbocycles. The molecule has 106 valence electrons. The van der Waals surface area contributed by atoms with Crippen LogP contribution < -0.4 is 5.32 Å². The summed E-state index contributed by atoms with van der Waals surface area (Å²) >= 11 is 5.98. The van der Waals surface area contributed by atoms with Crippen LogP contribution in [0.25, 0.3) is 0 Å². The van der Waals surface area contributed by atoms with Crippen molar-refractivity contribution in [3.8, 4) is 0 Å². The average molecular weight is 293 g/mol. The number of nitrogens with zero attached hydrogens (tertiary/aromatic N) is 1. The first kappa shape index (κ1) is 14.9. The molecule has 0 aliphatic carbocycles. The second kappa shape index (κ2) is 6.82. The number of pyridine rings is 1. The lowest BCUT2D eigenvalue weighted by molar-refractivity contribution is 0.468. The van der Waals surface area contributed by atoms with Gasteiger partial charge >= 0.3 is 0 Å². The normalized spacial score (nSPS) is 14.0. The molecule has 4 heteroatoms. The predicted octanol–water partition coefficient (Wildman–Crippen LogP) is 4.16. The second-order valence-electron chi connectivity index (χ2n) is 5.02. The molecule has 0 spiro atoms. The fourth-order valence-corrected chi connectivity index (χ4v) is 2.44. The molecule has 20 heavy (non-hydrogen) atoms. The molecule has 2 rings (SSSR count). The summed E-state index contributed by atoms with van der Waals surface area (Å²) in [6, 6.07) is 11.3. The fourth-order valence-electron chi connectivity index (χ4n) is 2.23. The van der Waals surface area contributed by atoms with Crippen LogP contribution >= 0.6 is 11.6 Å². The summed E-state index contributed by atoms with van der Waals surface area (Å²) in [5.41, 5.74) is 2.03. The average Bonchev–Trinajstić information content (AvgIpc) is 2.39. The second-order valence-corrected chi connectivity index (χ2v) is 5.46. The molecular formula is C16H18ClFN2. The van der Waals surface area contributed by atoms with Crippen LogP contribution in [0.5, 0.6) is 0 Å². The van der Waals surface area contributed by atoms with Gasteiger partial charge in [0.1, 0.15) is 5.82 Å². The number of hydrogen-bond donors (Lipinski definition) is 1. The van der Waals surface area contributed by atoms with Gasteiger partial charge in [0.2, 0.25) is 0 Å². The quantitative estimate of drug-likeness (QED) is 0.895. The van der Waals surface area contributed by atoms with Crippen LogP contribution in [0, 0.1) is 5.82 Å². The van der Waals surface area contributed by atoms with E-state index in [1.807, 2.05) is 25.1 Å². The summed E-state index contributed by atoms with van der Waals surface area (Å²) in [7, 11) is 0. The van der Waals surface area contributed by atoms with Crippen LogP contribution in [0.15, 0.2) is 42.6 Å². The topological polar surface area (TPSA) is 24.9 Å². The highest BCUT2D eigenvalue weighted by Gasteiger charge is 2.11. The summed E-state index contributed by atoms with van der Waals surface area (Å²) < 4.78 is 12.8. The lowest BCUT2D eigenvalue weighted by Gasteiger charge is -2.20. The number of nitrogens with one attached hydrogen (secondary N) is 1. The van der Waals surface area contributed by atoms with E-state index in [0.717, 1.165) is 17.1 Å². The molecule has 0 amide bonds. The highest BCUT2D eigenvalue weighted by atomic mass is 35.5. The molecule has 0 saturated carbocycles. The third kappa shape index (κ3) is 4.29. The van der Waals surface area contributed by atoms with Crippen molar-refractivity contribution in [3.05, 3.63) is 64.7 Å². The third-order valence-corrected chi connectivity index (χ3v) is 3.39. The van der Waals surface area contributed by atoms with Gasteiger partial charge in [0.15, 0.2) is 0 Å². The largest absolute Gasteiger partial charge is 0.306 e. The van der Waals surface area contributed by atoms with Crippen molar-refractivity contribution in [1.29, 1.82) is 0 Å². The van der Waals surface area contributed by atoms with Gasteiger partial charge < -0.3 is 5.32 Å². The van der Waals surface area contributed by atoms with E-state index in [1.165, 1.54) is 17.8 Å². The van der Waals surface area contributed by atoms with Crippen molar-refractivity contribution in [3.63, 3.8) is 0 Å². The Morgan fingerprint density at radius 3 is 2.70 bits per heavy atom. The van der Waals surface area contributed by atoms with Crippen LogP contribution in [0.4, 0.5) is 4.39 Å². The summed E-state index contributed by atoms with van der Waals surface area (Å²) in [6.45, 7) is 4.13. The molecule has 0 aliphatic heterocycles. The highest BCUT2D eigenvalue weighted by Crippen LogP contribution is 2.15. The molecule has 1 heterocycles. The zero-order chi connectivity index (χ0) is 14.5. The van der Waals surface area contributed by atoms with Gasteiger partial charge in [-0.2, -0.15) is 0 Å². The number of halogens is 2. The smallest absolute Gasteiger partial charge is 0.141 e. The Bertz CT molecular complexity index is 557. The van der Waals surface area contributed by atoms with Crippen LogP contribution in [0.1, 0.15) is 31.1 Å². The van der Waals surface area contributed by atoms with E-state index >= 15 is 0 Å². The Kier molecular flexibility index (Phi) is 5.10. The molecule has 1 N–H and O–H groups in total. The first-order valence-corrected chi connectivity index (χ1v) is 7.04. The number of aromatic nitrogens is 1. The highest BCUT2D eigenvalue weighted by molar-refractivity contribution is 6.30. The van der Waals surface area contributed by atoms with Gasteiger partial charge in [0, 0.05) is 17.1 Å². The van der Waals surface area contributed by atoms with E-state index in [1.54, 1.807) is 6.07 Å². The maximum absolute atomic E-state index is 12.8. The summed E-state index contributed by atoms with van der Waals surface area (Å²) in [4.78, 5) is 4.09. The van der Waals surface area contributed by atoms with Crippen LogP contribution in [0.3, 0.4) is 0 Å². The summed E-state index contributed by atoms with van der Waals surface area (Å²) in [5, 5.41) is 4.21. The van der Waals surface area contributed by atoms with E-state index in [2.05, 4.69) is 23.3 Å². The molecule has 0 aliphatic rings. The van der Waals surface area contributed by atoms with Crippen molar-refractivity contribution >= 4 is 11.6 Å². The minimum absolute atomic E-state index is 0.0739. The Hall–Kier alpha value is -1.45. The SMILES string of the molecule is CC(Cc1cccc(Cl)c1)NC(C)c1ccc(F)cn1. The van der Waals surface area contributed by atoms with Crippen LogP contribution in [-0.4, -0.2) is 11.0 Å². The molecule has 0 fully saturated rings. The lowest BCUT2D eigenvalue weighted by Crippen LogP contribution is -2.31. The van der Waals surface area contributed by atoms with Crippen molar-refractivity contribution in [2.75, 3.05) is 0 Å². The zero-order valence-electron chi connectivity index (χ0n) is 11.6. The number of rotatable bonds is 5. The van der Waals surface area contributed by atoms with E-state index in [9.17, 15) is 4.39 Å². The van der Waals surface area contributed by atoms with E-state index < -0.39 is 0 Å². The van der Waals surface area contributed by atoms with Gasteiger partial charge in [-0.1, -0.05) is 23.7 Å². The molecule has 2 nitrogen and oxygen atoms in total. The first-order chi connectivity index (χ1) is 9.54. The zero-order valence-corrected chi connectivity index (χ0v) is 12.4. The monoisotopic (exact) mass is 292 g/mol. The fraction of sp³-hybridized carbons (Fsp3) is 0.312. The molecular weight excluding hydrogens is 275 g/mol. The van der Waals surface area contributed by atoms with Gasteiger partial charge in [-0.3, -0.25) is 4.98 Å². The molecule has 0 bridgehead atoms. The van der Waals surface area contributed by atoms with Gasteiger partial charge in [-0.05, 0) is 50.1 Å². The maximum Gasteiger partial charge on any atom is 0.141 e. The maximum atomic E-state index is 12.8. The Morgan fingerprint density at radius 1 is 1.25 bits per heavy atom. The van der Waals surface area contributed by atoms with Crippen molar-refractivity contribution < 1.29 is 4.39 Å². The molecule has 2 unspecified atom stereocenters. The molecule has 1 aromatic heterocycles. The van der Waals surface area contributed by atoms with Crippen molar-refractivity contribution in [2.45, 2.75) is 32.4 Å². The molecule has 2 atom stereocenters. The van der Waals surface area contributed by atoms with Crippen LogP contribution in [0.2, 0.25) is 5.02 Å². The number of benzene rings is 1. The van der Waals surface area contributed by atoms with E-state index in [4.69, 9.17) is 11.6 Å². The molecule has 0 saturated heterocycles. The van der Waals surface area contributed by atoms with Crippen molar-refractivity contribution in [2.24, 2.45) is 0 Å². The molecule has 2 aromatic rings. The van der Waals surface area contributed by atoms with Crippen molar-refractivity contribution in [1.82, 2.24) is 10.3 Å². The van der Waals surface area contributed by atoms with Crippen LogP contribution in [-0.2, 0) is 6.42 Å². The Balaban J connectivity index is 1.93. The summed E-state index contributed by atoms with van der Waals surface area (Å²) in [5.74, 6) is -0.312. The number of hydrogen-bond acceptors (Lipinski definition) is 2. The minimum Gasteiger partial charge on any atom is -0.306 e. The van der Waals surface area contributed by atoms with Gasteiger partial charge in [0.25, 0.3) is 0 Å². The minimum atomic E-state index is -0.312. The predicted molar refractivity (Wildman–Crippen MR) is 80.4 cm³/mol. The van der Waals surface area contributed by atoms with Gasteiger partial charge in [-0.15, -0.1) is 0 Å². The van der Waals surface area contributed by atoms with E-state index in [-0.39, 0.29) is 17.9 Å². The van der Waals surface area contributed by atoms with E-state index in [0.29, 0.717) is 0 Å². The Labute approximate surface area is 124 Å². The lowest BCUT2D eigenvalue weighted by atomic mass is 10.1. The first-order valence-electron chi connectivity index (χ1n) is 6.66. The third-order valence-electron chi connectivity index (χ3n) is 3.16.